The van der Waals surface area contributed by atoms with Crippen molar-refractivity contribution < 1.29 is 4.42 Å². The molecule has 0 aliphatic carbocycles. The molecule has 0 unspecified atom stereocenters. The van der Waals surface area contributed by atoms with Gasteiger partial charge < -0.3 is 9.73 Å². The summed E-state index contributed by atoms with van der Waals surface area (Å²) in [5.74, 6) is 0.745. The summed E-state index contributed by atoms with van der Waals surface area (Å²) in [6, 6.07) is 9.87. The van der Waals surface area contributed by atoms with Crippen LogP contribution in [0.25, 0.3) is 11.0 Å². The maximum atomic E-state index is 5.73. The van der Waals surface area contributed by atoms with Gasteiger partial charge in [-0.2, -0.15) is 5.10 Å². The normalized spacial score (nSPS) is 11.6. The van der Waals surface area contributed by atoms with E-state index in [2.05, 4.69) is 22.8 Å². The van der Waals surface area contributed by atoms with Crippen LogP contribution >= 0.6 is 12.2 Å². The molecule has 0 saturated carbocycles. The molecule has 0 bridgehead atoms. The van der Waals surface area contributed by atoms with E-state index < -0.39 is 0 Å². The number of nitrogens with zero attached hydrogens (tertiary/aromatic N) is 1. The Hall–Kier alpha value is -1.88. The summed E-state index contributed by atoms with van der Waals surface area (Å²) < 4.78 is 5.73. The Morgan fingerprint density at radius 3 is 2.90 bits per heavy atom. The van der Waals surface area contributed by atoms with E-state index in [-0.39, 0.29) is 0 Å². The highest BCUT2D eigenvalue weighted by atomic mass is 32.1. The van der Waals surface area contributed by atoms with Crippen molar-refractivity contribution in [2.24, 2.45) is 5.10 Å². The Morgan fingerprint density at radius 2 is 2.15 bits per heavy atom. The van der Waals surface area contributed by atoms with Crippen LogP contribution in [0.5, 0.6) is 0 Å². The van der Waals surface area contributed by atoms with Gasteiger partial charge in [0.15, 0.2) is 10.9 Å². The van der Waals surface area contributed by atoms with Crippen LogP contribution in [0.1, 0.15) is 32.4 Å². The predicted octanol–water partition coefficient (Wildman–Crippen LogP) is 3.42. The van der Waals surface area contributed by atoms with Crippen LogP contribution in [0.3, 0.4) is 0 Å². The molecule has 0 radical (unpaired) electrons. The third-order valence-corrected chi connectivity index (χ3v) is 3.16. The smallest absolute Gasteiger partial charge is 0.186 e. The number of rotatable bonds is 5. The molecule has 0 saturated heterocycles. The van der Waals surface area contributed by atoms with Crippen molar-refractivity contribution in [3.63, 3.8) is 0 Å². The molecule has 2 N–H and O–H groups in total. The fourth-order valence-electron chi connectivity index (χ4n) is 1.77. The van der Waals surface area contributed by atoms with Gasteiger partial charge in [0.2, 0.25) is 0 Å². The monoisotopic (exact) mass is 289 g/mol. The summed E-state index contributed by atoms with van der Waals surface area (Å²) >= 11 is 5.14. The zero-order valence-electron chi connectivity index (χ0n) is 11.8. The van der Waals surface area contributed by atoms with E-state index in [9.17, 15) is 0 Å². The lowest BCUT2D eigenvalue weighted by Crippen LogP contribution is -2.33. The molecule has 20 heavy (non-hydrogen) atoms. The molecule has 0 spiro atoms. The highest BCUT2D eigenvalue weighted by molar-refractivity contribution is 7.80. The van der Waals surface area contributed by atoms with Gasteiger partial charge in [-0.15, -0.1) is 0 Å². The molecule has 0 fully saturated rings. The number of furan rings is 1. The minimum Gasteiger partial charge on any atom is -0.455 e. The van der Waals surface area contributed by atoms with Crippen LogP contribution in [0.15, 0.2) is 39.9 Å². The summed E-state index contributed by atoms with van der Waals surface area (Å²) in [7, 11) is 0. The fourth-order valence-corrected chi connectivity index (χ4v) is 1.92. The van der Waals surface area contributed by atoms with E-state index in [0.717, 1.165) is 41.8 Å². The van der Waals surface area contributed by atoms with Gasteiger partial charge in [-0.3, -0.25) is 5.43 Å². The minimum absolute atomic E-state index is 0.536. The molecule has 0 aliphatic heterocycles. The van der Waals surface area contributed by atoms with Gasteiger partial charge in [0.1, 0.15) is 11.3 Å². The van der Waals surface area contributed by atoms with Crippen LogP contribution in [0.4, 0.5) is 0 Å². The molecule has 0 aliphatic rings. The Balaban J connectivity index is 1.97. The van der Waals surface area contributed by atoms with Gasteiger partial charge in [0, 0.05) is 11.9 Å². The zero-order chi connectivity index (χ0) is 14.4. The Labute approximate surface area is 124 Å². The van der Waals surface area contributed by atoms with Crippen LogP contribution in [0.2, 0.25) is 0 Å². The predicted molar refractivity (Wildman–Crippen MR) is 87.1 cm³/mol. The topological polar surface area (TPSA) is 49.6 Å². The lowest BCUT2D eigenvalue weighted by molar-refractivity contribution is 0.603. The number of hydrogen-bond acceptors (Lipinski definition) is 3. The average Bonchev–Trinajstić information content (AvgIpc) is 2.89. The maximum absolute atomic E-state index is 5.73. The van der Waals surface area contributed by atoms with Gasteiger partial charge in [-0.05, 0) is 37.7 Å². The van der Waals surface area contributed by atoms with E-state index in [4.69, 9.17) is 16.6 Å². The third-order valence-electron chi connectivity index (χ3n) is 2.92. The molecule has 0 atom stereocenters. The van der Waals surface area contributed by atoms with Gasteiger partial charge in [0.25, 0.3) is 0 Å². The first-order chi connectivity index (χ1) is 9.70. The van der Waals surface area contributed by atoms with Crippen molar-refractivity contribution in [1.82, 2.24) is 10.7 Å². The minimum atomic E-state index is 0.536. The zero-order valence-corrected chi connectivity index (χ0v) is 12.6. The molecule has 4 nitrogen and oxygen atoms in total. The first kappa shape index (κ1) is 14.5. The number of hydrogen-bond donors (Lipinski definition) is 2. The molecule has 0 amide bonds. The third kappa shape index (κ3) is 3.81. The second-order valence-electron chi connectivity index (χ2n) is 4.57. The van der Waals surface area contributed by atoms with Crippen molar-refractivity contribution in [3.8, 4) is 0 Å². The lowest BCUT2D eigenvalue weighted by Gasteiger charge is -2.06. The van der Waals surface area contributed by atoms with Crippen molar-refractivity contribution in [1.29, 1.82) is 0 Å². The van der Waals surface area contributed by atoms with Gasteiger partial charge >= 0.3 is 0 Å². The maximum Gasteiger partial charge on any atom is 0.186 e. The summed E-state index contributed by atoms with van der Waals surface area (Å²) in [5, 5.41) is 8.94. The quantitative estimate of drug-likeness (QED) is 0.383. The molecular formula is C15H19N3OS. The lowest BCUT2D eigenvalue weighted by atomic mass is 10.2. The molecule has 5 heteroatoms. The Morgan fingerprint density at radius 1 is 1.35 bits per heavy atom. The highest BCUT2D eigenvalue weighted by Gasteiger charge is 2.06. The summed E-state index contributed by atoms with van der Waals surface area (Å²) in [4.78, 5) is 0. The number of para-hydroxylation sites is 1. The molecule has 1 aromatic carbocycles. The fraction of sp³-hybridized carbons (Fsp3) is 0.333. The second kappa shape index (κ2) is 7.05. The standard InChI is InChI=1S/C15H19N3OS/c1-3-4-9-16-15(20)18-17-11(2)14-10-12-7-5-6-8-13(12)19-14/h5-8,10H,3-4,9H2,1-2H3,(H2,16,18,20)/b17-11-. The van der Waals surface area contributed by atoms with Crippen LogP contribution in [-0.4, -0.2) is 17.4 Å². The number of hydrazone groups is 1. The second-order valence-corrected chi connectivity index (χ2v) is 4.98. The van der Waals surface area contributed by atoms with Crippen LogP contribution < -0.4 is 10.7 Å². The van der Waals surface area contributed by atoms with Crippen molar-refractivity contribution in [3.05, 3.63) is 36.1 Å². The van der Waals surface area contributed by atoms with E-state index in [1.807, 2.05) is 37.3 Å². The van der Waals surface area contributed by atoms with Gasteiger partial charge in [0.05, 0.1) is 0 Å². The molecule has 1 heterocycles. The van der Waals surface area contributed by atoms with Crippen molar-refractivity contribution in [2.45, 2.75) is 26.7 Å². The summed E-state index contributed by atoms with van der Waals surface area (Å²) in [5.41, 5.74) is 4.46. The summed E-state index contributed by atoms with van der Waals surface area (Å²) in [6.45, 7) is 4.89. The van der Waals surface area contributed by atoms with Crippen LogP contribution in [0, 0.1) is 0 Å². The van der Waals surface area contributed by atoms with E-state index in [0.29, 0.717) is 5.11 Å². The number of fused-ring (bicyclic) bond motifs is 1. The molecule has 1 aromatic heterocycles. The number of thiocarbonyl (C=S) groups is 1. The summed E-state index contributed by atoms with van der Waals surface area (Å²) in [6.07, 6.45) is 2.23. The highest BCUT2D eigenvalue weighted by Crippen LogP contribution is 2.19. The first-order valence-electron chi connectivity index (χ1n) is 6.77. The van der Waals surface area contributed by atoms with Crippen molar-refractivity contribution in [2.75, 3.05) is 6.54 Å². The molecule has 2 aromatic rings. The average molecular weight is 289 g/mol. The molecular weight excluding hydrogens is 270 g/mol. The van der Waals surface area contributed by atoms with Gasteiger partial charge in [-0.1, -0.05) is 31.5 Å². The molecule has 106 valence electrons. The first-order valence-corrected chi connectivity index (χ1v) is 7.18. The SMILES string of the molecule is CCCCNC(=S)N/N=C(/C)c1cc2ccccc2o1. The van der Waals surface area contributed by atoms with E-state index >= 15 is 0 Å². The Kier molecular flexibility index (Phi) is 5.12. The van der Waals surface area contributed by atoms with Crippen LogP contribution in [-0.2, 0) is 0 Å². The van der Waals surface area contributed by atoms with Crippen molar-refractivity contribution >= 4 is 34.0 Å². The van der Waals surface area contributed by atoms with E-state index in [1.54, 1.807) is 0 Å². The van der Waals surface area contributed by atoms with Gasteiger partial charge in [-0.25, -0.2) is 0 Å². The Bertz CT molecular complexity index is 585. The number of benzene rings is 1. The molecule has 2 rings (SSSR count). The van der Waals surface area contributed by atoms with E-state index in [1.165, 1.54) is 0 Å². The largest absolute Gasteiger partial charge is 0.455 e. The number of unbranched alkanes of at least 4 members (excludes halogenated alkanes) is 1. The number of nitrogens with one attached hydrogen (secondary N) is 2.